The molecule has 37 heavy (non-hydrogen) atoms. The van der Waals surface area contributed by atoms with Gasteiger partial charge in [-0.15, -0.1) is 12.4 Å². The van der Waals surface area contributed by atoms with Gasteiger partial charge in [0.05, 0.1) is 26.4 Å². The number of halogens is 1. The summed E-state index contributed by atoms with van der Waals surface area (Å²) >= 11 is 0. The van der Waals surface area contributed by atoms with Gasteiger partial charge in [0.2, 0.25) is 0 Å². The molecule has 0 bridgehead atoms. The van der Waals surface area contributed by atoms with Crippen molar-refractivity contribution in [3.8, 4) is 0 Å². The molecule has 0 aromatic rings. The van der Waals surface area contributed by atoms with E-state index in [0.29, 0.717) is 0 Å². The molecule has 0 aromatic carbocycles. The van der Waals surface area contributed by atoms with E-state index in [2.05, 4.69) is 0 Å². The summed E-state index contributed by atoms with van der Waals surface area (Å²) in [7, 11) is 0. The third kappa shape index (κ3) is 9.92. The molecule has 14 atom stereocenters. The van der Waals surface area contributed by atoms with Gasteiger partial charge in [-0.05, 0) is 0 Å². The fourth-order valence-electron chi connectivity index (χ4n) is 3.24. The normalized spacial score (nSPS) is 39.1. The van der Waals surface area contributed by atoms with Gasteiger partial charge in [0.1, 0.15) is 73.2 Å². The van der Waals surface area contributed by atoms with Crippen LogP contribution in [-0.2, 0) is 14.2 Å². The van der Waals surface area contributed by atoms with E-state index < -0.39 is 112 Å². The summed E-state index contributed by atoms with van der Waals surface area (Å²) < 4.78 is 15.3. The first-order chi connectivity index (χ1) is 16.4. The van der Waals surface area contributed by atoms with Crippen LogP contribution in [0.3, 0.4) is 0 Å². The van der Waals surface area contributed by atoms with Crippen LogP contribution in [0.2, 0.25) is 0 Å². The van der Waals surface area contributed by atoms with Crippen molar-refractivity contribution < 1.29 is 91.2 Å². The largest absolute Gasteiger partial charge is 0.412 e. The molecule has 2 fully saturated rings. The highest BCUT2D eigenvalue weighted by atomic mass is 35.5. The Hall–Kier alpha value is -0.430. The molecule has 16 N–H and O–H groups in total. The molecule has 2 aliphatic rings. The summed E-state index contributed by atoms with van der Waals surface area (Å²) in [5.41, 5.74) is 0. The lowest BCUT2D eigenvalue weighted by atomic mass is 9.97. The highest BCUT2D eigenvalue weighted by Gasteiger charge is 2.50. The lowest BCUT2D eigenvalue weighted by Crippen LogP contribution is -2.64. The molecule has 0 amide bonds. The summed E-state index contributed by atoms with van der Waals surface area (Å²) in [5.74, 6) is 0. The quantitative estimate of drug-likeness (QED) is 0.121. The predicted molar refractivity (Wildman–Crippen MR) is 118 cm³/mol. The van der Waals surface area contributed by atoms with Crippen LogP contribution in [0.25, 0.3) is 0 Å². The smallest absolute Gasteiger partial charge is 0.187 e. The van der Waals surface area contributed by atoms with Crippen LogP contribution >= 0.6 is 12.4 Å². The van der Waals surface area contributed by atoms with Crippen LogP contribution in [0.5, 0.6) is 0 Å². The van der Waals surface area contributed by atoms with Crippen LogP contribution in [0.1, 0.15) is 0 Å². The number of ether oxygens (including phenoxy) is 3. The lowest BCUT2D eigenvalue weighted by molar-refractivity contribution is -0.355. The molecule has 0 spiro atoms. The highest BCUT2D eigenvalue weighted by Crippen LogP contribution is 2.28. The van der Waals surface area contributed by atoms with Crippen molar-refractivity contribution in [2.24, 2.45) is 0 Å². The van der Waals surface area contributed by atoms with Gasteiger partial charge in [0, 0.05) is 0 Å². The second kappa shape index (κ2) is 18.0. The monoisotopic (exact) mass is 578 g/mol. The van der Waals surface area contributed by atoms with E-state index in [0.717, 1.165) is 0 Å². The molecular weight excluding hydrogens is 540 g/mol. The van der Waals surface area contributed by atoms with Gasteiger partial charge in [-0.2, -0.15) is 0 Å². The van der Waals surface area contributed by atoms with Crippen molar-refractivity contribution in [3.63, 3.8) is 0 Å². The zero-order valence-electron chi connectivity index (χ0n) is 19.3. The van der Waals surface area contributed by atoms with Gasteiger partial charge in [0.25, 0.3) is 0 Å². The van der Waals surface area contributed by atoms with Gasteiger partial charge in [-0.1, -0.05) is 0 Å². The number of rotatable bonds is 9. The number of aliphatic hydroxyl groups excluding tert-OH is 14. The van der Waals surface area contributed by atoms with Crippen molar-refractivity contribution in [1.82, 2.24) is 0 Å². The zero-order valence-corrected chi connectivity index (χ0v) is 20.1. The maximum absolute atomic E-state index is 9.94. The standard InChI is InChI=1S/C12H22O11.C6H14O6.ClH.H2O/c13-1-3-5(15)6(16)9(19)12(22-3)23-10-4(2-14)21-11(20)8(18)7(10)17;7-1-3(9)5(11)6(12)4(10)2-8;;/h3-20H,1-2H2;3-12H,1-2H2;1H;1H2/t3-,4-,5+,6+,7-,8-,9-,10-,11?,12+;3-,4-,5-,6-;;/m11../s1. The summed E-state index contributed by atoms with van der Waals surface area (Å²) in [6.45, 7) is -2.80. The summed E-state index contributed by atoms with van der Waals surface area (Å²) in [4.78, 5) is 0. The molecule has 2 aliphatic heterocycles. The topological polar surface area (TPSA) is 342 Å². The van der Waals surface area contributed by atoms with Crippen LogP contribution in [0.4, 0.5) is 0 Å². The third-order valence-electron chi connectivity index (χ3n) is 5.49. The second-order valence-electron chi connectivity index (χ2n) is 8.01. The Bertz CT molecular complexity index is 575. The zero-order chi connectivity index (χ0) is 27.0. The van der Waals surface area contributed by atoms with Crippen molar-refractivity contribution in [2.45, 2.75) is 85.8 Å². The fraction of sp³-hybridized carbons (Fsp3) is 1.00. The molecule has 1 unspecified atom stereocenters. The molecule has 0 aliphatic carbocycles. The van der Waals surface area contributed by atoms with E-state index in [4.69, 9.17) is 50.0 Å². The molecule has 0 radical (unpaired) electrons. The molecule has 0 saturated carbocycles. The molecule has 18 nitrogen and oxygen atoms in total. The minimum Gasteiger partial charge on any atom is -0.412 e. The molecule has 2 heterocycles. The lowest BCUT2D eigenvalue weighted by Gasteiger charge is -2.45. The molecule has 2 rings (SSSR count). The first kappa shape index (κ1) is 38.7. The summed E-state index contributed by atoms with van der Waals surface area (Å²) in [6.07, 6.45) is -22.0. The van der Waals surface area contributed by atoms with Crippen LogP contribution in [0.15, 0.2) is 0 Å². The van der Waals surface area contributed by atoms with Crippen LogP contribution in [-0.4, -0.2) is 189 Å². The van der Waals surface area contributed by atoms with Gasteiger partial charge >= 0.3 is 0 Å². The average molecular weight is 579 g/mol. The SMILES string of the molecule is Cl.O.OC[C@@H](O)[C@@H](O)[C@H](O)[C@H](O)CO.OC[C@H]1O[C@@H](O[C@H]2[C@H](O)[C@@H](O)C(O)O[C@@H]2CO)[C@H](O)[C@@H](O)[C@H]1O. The van der Waals surface area contributed by atoms with Crippen LogP contribution in [0, 0.1) is 0 Å². The van der Waals surface area contributed by atoms with E-state index in [9.17, 15) is 35.7 Å². The molecular formula is C18H39ClO18. The van der Waals surface area contributed by atoms with Crippen molar-refractivity contribution >= 4 is 12.4 Å². The molecule has 226 valence electrons. The van der Waals surface area contributed by atoms with E-state index in [1.807, 2.05) is 0 Å². The maximum atomic E-state index is 9.94. The van der Waals surface area contributed by atoms with Gasteiger partial charge in [0.15, 0.2) is 12.6 Å². The van der Waals surface area contributed by atoms with Gasteiger partial charge in [-0.3, -0.25) is 0 Å². The number of aliphatic hydroxyl groups is 14. The van der Waals surface area contributed by atoms with Gasteiger partial charge in [-0.25, -0.2) is 0 Å². The first-order valence-electron chi connectivity index (χ1n) is 10.6. The Morgan fingerprint density at radius 3 is 1.46 bits per heavy atom. The van der Waals surface area contributed by atoms with Gasteiger partial charge < -0.3 is 91.2 Å². The Morgan fingerprint density at radius 1 is 0.595 bits per heavy atom. The van der Waals surface area contributed by atoms with Crippen molar-refractivity contribution in [1.29, 1.82) is 0 Å². The summed E-state index contributed by atoms with van der Waals surface area (Å²) in [5, 5.41) is 129. The number of hydrogen-bond acceptors (Lipinski definition) is 17. The van der Waals surface area contributed by atoms with Crippen molar-refractivity contribution in [3.05, 3.63) is 0 Å². The molecule has 0 aromatic heterocycles. The highest BCUT2D eigenvalue weighted by molar-refractivity contribution is 5.85. The van der Waals surface area contributed by atoms with E-state index in [-0.39, 0.29) is 17.9 Å². The Balaban J connectivity index is 0. The third-order valence-corrected chi connectivity index (χ3v) is 5.49. The maximum Gasteiger partial charge on any atom is 0.187 e. The van der Waals surface area contributed by atoms with E-state index >= 15 is 0 Å². The van der Waals surface area contributed by atoms with Crippen molar-refractivity contribution in [2.75, 3.05) is 26.4 Å². The summed E-state index contributed by atoms with van der Waals surface area (Å²) in [6, 6.07) is 0. The Kier molecular flexibility index (Phi) is 18.9. The Morgan fingerprint density at radius 2 is 1.05 bits per heavy atom. The predicted octanol–water partition coefficient (Wildman–Crippen LogP) is -9.39. The Labute approximate surface area is 216 Å². The first-order valence-corrected chi connectivity index (χ1v) is 10.6. The fourth-order valence-corrected chi connectivity index (χ4v) is 3.24. The molecule has 2 saturated heterocycles. The van der Waals surface area contributed by atoms with Crippen LogP contribution < -0.4 is 0 Å². The minimum absolute atomic E-state index is 0. The minimum atomic E-state index is -1.74. The molecule has 19 heteroatoms. The average Bonchev–Trinajstić information content (AvgIpc) is 2.87. The van der Waals surface area contributed by atoms with E-state index in [1.165, 1.54) is 0 Å². The second-order valence-corrected chi connectivity index (χ2v) is 8.01. The number of hydrogen-bond donors (Lipinski definition) is 14. The van der Waals surface area contributed by atoms with E-state index in [1.54, 1.807) is 0 Å².